The number of nitro groups is 1. The summed E-state index contributed by atoms with van der Waals surface area (Å²) in [5.41, 5.74) is 0.484. The molecule has 0 radical (unpaired) electrons. The molecule has 0 aromatic heterocycles. The largest absolute Gasteiger partial charge is 0.379 e. The number of anilines is 1. The second-order valence-corrected chi connectivity index (χ2v) is 4.75. The number of rotatable bonds is 6. The minimum Gasteiger partial charge on any atom is -0.379 e. The van der Waals surface area contributed by atoms with Crippen LogP contribution in [0.25, 0.3) is 0 Å². The van der Waals surface area contributed by atoms with E-state index in [0.717, 1.165) is 5.06 Å². The predicted octanol–water partition coefficient (Wildman–Crippen LogP) is 2.30. The lowest BCUT2D eigenvalue weighted by Gasteiger charge is -2.14. The number of hydrogen-bond acceptors (Lipinski definition) is 5. The monoisotopic (exact) mass is 281 g/mol. The fraction of sp³-hybridized carbons (Fsp3) is 0.462. The van der Waals surface area contributed by atoms with E-state index in [1.807, 2.05) is 13.8 Å². The first kappa shape index (κ1) is 15.9. The zero-order chi connectivity index (χ0) is 15.3. The Labute approximate surface area is 117 Å². The van der Waals surface area contributed by atoms with Crippen molar-refractivity contribution >= 4 is 17.3 Å². The van der Waals surface area contributed by atoms with Gasteiger partial charge in [-0.2, -0.15) is 0 Å². The van der Waals surface area contributed by atoms with Gasteiger partial charge in [0.15, 0.2) is 0 Å². The van der Waals surface area contributed by atoms with Gasteiger partial charge in [-0.15, -0.1) is 0 Å². The third kappa shape index (κ3) is 3.92. The first-order valence-corrected chi connectivity index (χ1v) is 6.21. The lowest BCUT2D eigenvalue weighted by molar-refractivity contribution is -0.384. The molecule has 0 saturated carbocycles. The van der Waals surface area contributed by atoms with E-state index in [4.69, 9.17) is 4.84 Å². The molecule has 0 fully saturated rings. The second-order valence-electron chi connectivity index (χ2n) is 4.75. The van der Waals surface area contributed by atoms with Gasteiger partial charge in [-0.05, 0) is 18.1 Å². The van der Waals surface area contributed by atoms with Crippen molar-refractivity contribution in [2.75, 3.05) is 26.0 Å². The highest BCUT2D eigenvalue weighted by atomic mass is 16.7. The Balaban J connectivity index is 3.07. The Morgan fingerprint density at radius 3 is 2.65 bits per heavy atom. The molecule has 0 heterocycles. The van der Waals surface area contributed by atoms with Crippen molar-refractivity contribution in [1.29, 1.82) is 0 Å². The summed E-state index contributed by atoms with van der Waals surface area (Å²) in [5.74, 6) is -0.0819. The molecule has 0 bridgehead atoms. The number of benzene rings is 1. The molecule has 1 N–H and O–H groups in total. The van der Waals surface area contributed by atoms with Crippen LogP contribution in [-0.4, -0.2) is 36.6 Å². The topological polar surface area (TPSA) is 84.7 Å². The number of nitrogens with one attached hydrogen (secondary N) is 1. The molecule has 1 amide bonds. The third-order valence-electron chi connectivity index (χ3n) is 2.70. The Hall–Kier alpha value is -2.15. The normalized spacial score (nSPS) is 10.4. The van der Waals surface area contributed by atoms with E-state index in [0.29, 0.717) is 18.2 Å². The minimum absolute atomic E-state index is 0.124. The van der Waals surface area contributed by atoms with Crippen LogP contribution in [0.3, 0.4) is 0 Å². The van der Waals surface area contributed by atoms with Gasteiger partial charge in [-0.25, -0.2) is 5.06 Å². The molecule has 1 aromatic carbocycles. The average Bonchev–Trinajstić information content (AvgIpc) is 2.42. The van der Waals surface area contributed by atoms with Crippen LogP contribution >= 0.6 is 0 Å². The fourth-order valence-electron chi connectivity index (χ4n) is 1.54. The number of hydrogen-bond donors (Lipinski definition) is 1. The molecule has 0 aliphatic heterocycles. The Kier molecular flexibility index (Phi) is 5.45. The number of carbonyl (C=O) groups excluding carboxylic acids is 1. The van der Waals surface area contributed by atoms with Gasteiger partial charge in [0, 0.05) is 25.2 Å². The molecule has 1 aromatic rings. The number of nitro benzene ring substituents is 1. The van der Waals surface area contributed by atoms with Gasteiger partial charge in [-0.3, -0.25) is 19.7 Å². The summed E-state index contributed by atoms with van der Waals surface area (Å²) in [5, 5.41) is 15.1. The van der Waals surface area contributed by atoms with Crippen molar-refractivity contribution < 1.29 is 14.6 Å². The Morgan fingerprint density at radius 2 is 2.15 bits per heavy atom. The zero-order valence-corrected chi connectivity index (χ0v) is 12.0. The van der Waals surface area contributed by atoms with Gasteiger partial charge in [0.25, 0.3) is 11.6 Å². The standard InChI is InChI=1S/C13H19N3O4/c1-9(2)8-14-11-6-5-10(7-12(11)16(18)19)13(17)15(3)20-4/h5-7,9,14H,8H2,1-4H3. The van der Waals surface area contributed by atoms with Crippen molar-refractivity contribution in [2.24, 2.45) is 5.92 Å². The summed E-state index contributed by atoms with van der Waals surface area (Å²) in [6, 6.07) is 4.32. The third-order valence-corrected chi connectivity index (χ3v) is 2.70. The van der Waals surface area contributed by atoms with Crippen molar-refractivity contribution in [3.05, 3.63) is 33.9 Å². The molecule has 0 atom stereocenters. The molecule has 20 heavy (non-hydrogen) atoms. The fourth-order valence-corrected chi connectivity index (χ4v) is 1.54. The first-order valence-electron chi connectivity index (χ1n) is 6.21. The van der Waals surface area contributed by atoms with Crippen LogP contribution in [0.4, 0.5) is 11.4 Å². The Morgan fingerprint density at radius 1 is 1.50 bits per heavy atom. The molecule has 0 saturated heterocycles. The summed E-state index contributed by atoms with van der Waals surface area (Å²) in [6.07, 6.45) is 0. The predicted molar refractivity (Wildman–Crippen MR) is 75.5 cm³/mol. The van der Waals surface area contributed by atoms with E-state index in [2.05, 4.69) is 5.32 Å². The molecular formula is C13H19N3O4. The van der Waals surface area contributed by atoms with Crippen LogP contribution in [0.5, 0.6) is 0 Å². The van der Waals surface area contributed by atoms with E-state index in [1.54, 1.807) is 0 Å². The summed E-state index contributed by atoms with van der Waals surface area (Å²) >= 11 is 0. The van der Waals surface area contributed by atoms with Gasteiger partial charge in [-0.1, -0.05) is 13.8 Å². The summed E-state index contributed by atoms with van der Waals surface area (Å²) in [6.45, 7) is 4.63. The first-order chi connectivity index (χ1) is 9.36. The number of carbonyl (C=O) groups is 1. The van der Waals surface area contributed by atoms with E-state index in [1.165, 1.54) is 32.4 Å². The number of amides is 1. The van der Waals surface area contributed by atoms with Crippen LogP contribution in [0.15, 0.2) is 18.2 Å². The van der Waals surface area contributed by atoms with Crippen molar-refractivity contribution in [1.82, 2.24) is 5.06 Å². The van der Waals surface area contributed by atoms with Gasteiger partial charge in [0.1, 0.15) is 5.69 Å². The van der Waals surface area contributed by atoms with Crippen LogP contribution in [0.2, 0.25) is 0 Å². The molecule has 0 unspecified atom stereocenters. The molecule has 110 valence electrons. The lowest BCUT2D eigenvalue weighted by atomic mass is 10.1. The average molecular weight is 281 g/mol. The lowest BCUT2D eigenvalue weighted by Crippen LogP contribution is -2.25. The summed E-state index contributed by atoms with van der Waals surface area (Å²) < 4.78 is 0. The minimum atomic E-state index is -0.508. The van der Waals surface area contributed by atoms with Crippen molar-refractivity contribution in [3.63, 3.8) is 0 Å². The quantitative estimate of drug-likeness (QED) is 0.638. The highest BCUT2D eigenvalue weighted by molar-refractivity contribution is 5.95. The highest BCUT2D eigenvalue weighted by Gasteiger charge is 2.19. The number of nitrogens with zero attached hydrogens (tertiary/aromatic N) is 2. The van der Waals surface area contributed by atoms with Crippen LogP contribution < -0.4 is 5.32 Å². The van der Waals surface area contributed by atoms with Gasteiger partial charge in [0.2, 0.25) is 0 Å². The highest BCUT2D eigenvalue weighted by Crippen LogP contribution is 2.26. The molecule has 0 aliphatic carbocycles. The second kappa shape index (κ2) is 6.85. The summed E-state index contributed by atoms with van der Waals surface area (Å²) in [7, 11) is 2.80. The maximum absolute atomic E-state index is 11.9. The molecule has 1 rings (SSSR count). The van der Waals surface area contributed by atoms with Crippen molar-refractivity contribution in [3.8, 4) is 0 Å². The van der Waals surface area contributed by atoms with Gasteiger partial charge >= 0.3 is 0 Å². The summed E-state index contributed by atoms with van der Waals surface area (Å²) in [4.78, 5) is 27.2. The zero-order valence-electron chi connectivity index (χ0n) is 12.0. The molecule has 0 spiro atoms. The number of hydroxylamine groups is 2. The van der Waals surface area contributed by atoms with Crippen LogP contribution in [0.1, 0.15) is 24.2 Å². The van der Waals surface area contributed by atoms with Gasteiger partial charge < -0.3 is 5.32 Å². The van der Waals surface area contributed by atoms with E-state index in [9.17, 15) is 14.9 Å². The SMILES string of the molecule is CON(C)C(=O)c1ccc(NCC(C)C)c([N+](=O)[O-])c1. The molecule has 7 nitrogen and oxygen atoms in total. The van der Waals surface area contributed by atoms with E-state index >= 15 is 0 Å². The Bertz CT molecular complexity index is 502. The molecular weight excluding hydrogens is 262 g/mol. The molecule has 7 heteroatoms. The van der Waals surface area contributed by atoms with Crippen LogP contribution in [0, 0.1) is 16.0 Å². The van der Waals surface area contributed by atoms with Gasteiger partial charge in [0.05, 0.1) is 12.0 Å². The smallest absolute Gasteiger partial charge is 0.293 e. The molecule has 0 aliphatic rings. The maximum atomic E-state index is 11.9. The maximum Gasteiger partial charge on any atom is 0.293 e. The van der Waals surface area contributed by atoms with E-state index in [-0.39, 0.29) is 11.3 Å². The van der Waals surface area contributed by atoms with Crippen LogP contribution in [-0.2, 0) is 4.84 Å². The van der Waals surface area contributed by atoms with Crippen molar-refractivity contribution in [2.45, 2.75) is 13.8 Å². The van der Waals surface area contributed by atoms with E-state index < -0.39 is 10.8 Å².